The zero-order valence-corrected chi connectivity index (χ0v) is 65.1. The van der Waals surface area contributed by atoms with Crippen LogP contribution in [0.2, 0.25) is 0 Å². The van der Waals surface area contributed by atoms with E-state index in [0.717, 1.165) is 123 Å². The Labute approximate surface area is 687 Å². The van der Waals surface area contributed by atoms with E-state index in [-0.39, 0.29) is 0 Å². The van der Waals surface area contributed by atoms with Crippen molar-refractivity contribution in [1.29, 1.82) is 0 Å². The number of nitrogens with zero attached hydrogens (tertiary/aromatic N) is 8. The number of ether oxygens (including phenoxy) is 2. The Morgan fingerprint density at radius 1 is 0.237 bits per heavy atom. The van der Waals surface area contributed by atoms with E-state index in [4.69, 9.17) is 9.47 Å². The first kappa shape index (κ1) is 69.6. The van der Waals surface area contributed by atoms with Crippen LogP contribution in [0, 0.1) is 0 Å². The third kappa shape index (κ3) is 11.9. The fourth-order valence-electron chi connectivity index (χ4n) is 17.5. The summed E-state index contributed by atoms with van der Waals surface area (Å²) in [7, 11) is -1.54. The Morgan fingerprint density at radius 2 is 0.602 bits per heavy atom. The molecule has 0 saturated heterocycles. The molecule has 2 aliphatic rings. The maximum Gasteiger partial charge on any atom is 0.488 e. The number of anilines is 6. The summed E-state index contributed by atoms with van der Waals surface area (Å²) >= 11 is 3.75. The van der Waals surface area contributed by atoms with Gasteiger partial charge in [0.25, 0.3) is 0 Å². The molecule has 6 aromatic heterocycles. The van der Waals surface area contributed by atoms with Gasteiger partial charge in [-0.05, 0) is 227 Å². The summed E-state index contributed by atoms with van der Waals surface area (Å²) < 4.78 is 27.7. The number of fused-ring (bicyclic) bond motifs is 14. The van der Waals surface area contributed by atoms with E-state index in [1.54, 1.807) is 12.1 Å². The molecule has 2 aliphatic heterocycles. The molecule has 0 radical (unpaired) electrons. The van der Waals surface area contributed by atoms with Crippen molar-refractivity contribution in [2.75, 3.05) is 9.80 Å². The summed E-state index contributed by atoms with van der Waals surface area (Å²) in [4.78, 5) is 4.44. The lowest BCUT2D eigenvalue weighted by Gasteiger charge is -2.33. The predicted molar refractivity (Wildman–Crippen MR) is 488 cm³/mol. The second kappa shape index (κ2) is 28.8. The molecule has 0 bridgehead atoms. The van der Waals surface area contributed by atoms with Gasteiger partial charge in [0.1, 0.15) is 0 Å². The van der Waals surface area contributed by atoms with E-state index in [1.165, 1.54) is 71.1 Å². The molecule has 0 atom stereocenters. The van der Waals surface area contributed by atoms with Crippen molar-refractivity contribution in [1.82, 2.24) is 27.4 Å². The molecule has 118 heavy (non-hydrogen) atoms. The van der Waals surface area contributed by atoms with Crippen molar-refractivity contribution in [2.45, 2.75) is 0 Å². The van der Waals surface area contributed by atoms with Crippen LogP contribution in [0.1, 0.15) is 0 Å². The van der Waals surface area contributed by atoms with Gasteiger partial charge in [0, 0.05) is 112 Å². The first-order valence-corrected chi connectivity index (χ1v) is 40.2. The molecule has 0 aliphatic carbocycles. The maximum atomic E-state index is 9.72. The van der Waals surface area contributed by atoms with Gasteiger partial charge < -0.3 is 56.7 Å². The Balaban J connectivity index is 0.000000116. The third-order valence-electron chi connectivity index (χ3n) is 22.9. The molecular weight excluding hydrogens is 1520 g/mol. The van der Waals surface area contributed by atoms with Gasteiger partial charge in [-0.1, -0.05) is 188 Å². The fourth-order valence-corrected chi connectivity index (χ4v) is 17.9. The first-order valence-electron chi connectivity index (χ1n) is 39.4. The number of hydrogen-bond donors (Lipinski definition) is 2. The number of hydrogen-bond acceptors (Lipinski definition) is 6. The van der Waals surface area contributed by atoms with Gasteiger partial charge in [0.2, 0.25) is 0 Å². The average molecular weight is 1590 g/mol. The second-order valence-corrected chi connectivity index (χ2v) is 30.6. The Bertz CT molecular complexity index is 7660. The minimum atomic E-state index is -1.54. The van der Waals surface area contributed by atoms with Crippen molar-refractivity contribution in [3.63, 3.8) is 0 Å². The number of benzene rings is 16. The number of aromatic nitrogens is 6. The lowest BCUT2D eigenvalue weighted by molar-refractivity contribution is 0.426. The summed E-state index contributed by atoms with van der Waals surface area (Å²) in [5, 5.41) is 29.1. The van der Waals surface area contributed by atoms with E-state index in [2.05, 4.69) is 393 Å². The topological polar surface area (TPSA) is 95.0 Å². The molecule has 24 rings (SSSR count). The Morgan fingerprint density at radius 3 is 1.07 bits per heavy atom. The standard InChI is InChI=1S/C52H34N4O.C26H19BN2O3.C26H17BrN2/c1-3-15-38(16-4-1)53-28-26-36-31-49-43(33-47(36)53)42-21-8-10-23-45(42)56(49)44-22-9-7-20-41(44)35-14-13-19-40(30-35)55-46-24-11-12-25-51(46)57-52-32-37-27-29-54(48(37)34-50(52)55)39-17-5-2-6-18-39;30-27(31)19-7-6-10-21(16-19)29-22-11-4-5-12-25(22)32-26-15-18-13-14-28(23(18)17-24(26)29)20-8-2-1-3-9-20;27-22-11-5-7-13-24(22)29-23-12-6-4-10-20(23)21-17-25-18(16-26(21)29)14-15-28(25)19-8-2-1-3-9-19/h1-34H;1-17,30-31H;1-17H. The van der Waals surface area contributed by atoms with E-state index < -0.39 is 7.12 Å². The monoisotopic (exact) mass is 1580 g/mol. The summed E-state index contributed by atoms with van der Waals surface area (Å²) in [6.45, 7) is 0. The number of para-hydroxylation sites is 12. The van der Waals surface area contributed by atoms with Crippen LogP contribution >= 0.6 is 15.9 Å². The van der Waals surface area contributed by atoms with Gasteiger partial charge in [-0.2, -0.15) is 0 Å². The summed E-state index contributed by atoms with van der Waals surface area (Å²) in [5.74, 6) is 3.15. The van der Waals surface area contributed by atoms with Crippen LogP contribution in [0.3, 0.4) is 0 Å². The second-order valence-electron chi connectivity index (χ2n) is 29.7. The SMILES string of the molecule is Brc1ccccc1-n1c2ccccc2c2cc3c(ccn3-c3ccccc3)cc21.OB(O)c1cccc(N2c3ccccc3Oc3cc4ccn(-c5ccccc5)c4cc32)c1.c1ccc(-n2ccc3cc4c(cc32)N(c2cccc(-c3ccccc3-n3c5ccccc5c5cc6c(ccn6-c6ccccc6)cc53)c2)c2ccccc2O4)cc1. The highest BCUT2D eigenvalue weighted by atomic mass is 79.9. The van der Waals surface area contributed by atoms with Crippen molar-refractivity contribution in [3.8, 4) is 68.2 Å². The summed E-state index contributed by atoms with van der Waals surface area (Å²) in [6.07, 6.45) is 8.53. The van der Waals surface area contributed by atoms with Gasteiger partial charge in [-0.25, -0.2) is 0 Å². The van der Waals surface area contributed by atoms with E-state index >= 15 is 0 Å². The van der Waals surface area contributed by atoms with Crippen LogP contribution in [-0.2, 0) is 0 Å². The van der Waals surface area contributed by atoms with Crippen LogP contribution in [0.25, 0.3) is 132 Å². The first-order chi connectivity index (χ1) is 58.3. The Hall–Kier alpha value is -15.1. The molecule has 560 valence electrons. The van der Waals surface area contributed by atoms with E-state index in [0.29, 0.717) is 5.46 Å². The molecule has 2 N–H and O–H groups in total. The average Bonchev–Trinajstić information content (AvgIpc) is 1.58. The molecule has 0 fully saturated rings. The maximum absolute atomic E-state index is 9.72. The third-order valence-corrected chi connectivity index (χ3v) is 23.5. The lowest BCUT2D eigenvalue weighted by Crippen LogP contribution is -2.30. The highest BCUT2D eigenvalue weighted by Gasteiger charge is 2.31. The van der Waals surface area contributed by atoms with Crippen LogP contribution in [0.5, 0.6) is 23.0 Å². The molecule has 0 spiro atoms. The molecule has 0 unspecified atom stereocenters. The zero-order valence-electron chi connectivity index (χ0n) is 63.5. The van der Waals surface area contributed by atoms with Gasteiger partial charge >= 0.3 is 7.12 Å². The predicted octanol–water partition coefficient (Wildman–Crippen LogP) is 26.3. The van der Waals surface area contributed by atoms with Crippen LogP contribution in [-0.4, -0.2) is 44.6 Å². The molecule has 0 saturated carbocycles. The van der Waals surface area contributed by atoms with Gasteiger partial charge in [0.15, 0.2) is 23.0 Å². The Kier molecular flexibility index (Phi) is 17.0. The van der Waals surface area contributed by atoms with Crippen LogP contribution in [0.4, 0.5) is 34.1 Å². The van der Waals surface area contributed by atoms with Crippen LogP contribution in [0.15, 0.2) is 418 Å². The van der Waals surface area contributed by atoms with Crippen molar-refractivity contribution >= 4 is 150 Å². The van der Waals surface area contributed by atoms with E-state index in [9.17, 15) is 10.0 Å². The largest absolute Gasteiger partial charge is 0.488 e. The minimum absolute atomic E-state index is 0.432. The molecule has 12 nitrogen and oxygen atoms in total. The molecule has 22 aromatic rings. The normalized spacial score (nSPS) is 12.1. The molecule has 8 heterocycles. The van der Waals surface area contributed by atoms with Gasteiger partial charge in [-0.3, -0.25) is 0 Å². The van der Waals surface area contributed by atoms with Crippen LogP contribution < -0.4 is 24.7 Å². The fraction of sp³-hybridized carbons (Fsp3) is 0. The van der Waals surface area contributed by atoms with Crippen molar-refractivity contribution in [2.24, 2.45) is 0 Å². The lowest BCUT2D eigenvalue weighted by atomic mass is 9.80. The van der Waals surface area contributed by atoms with Crippen molar-refractivity contribution < 1.29 is 19.5 Å². The van der Waals surface area contributed by atoms with Gasteiger partial charge in [-0.15, -0.1) is 0 Å². The number of rotatable bonds is 10. The smallest absolute Gasteiger partial charge is 0.453 e. The van der Waals surface area contributed by atoms with Gasteiger partial charge in [0.05, 0.1) is 78.3 Å². The summed E-state index contributed by atoms with van der Waals surface area (Å²) in [6, 6.07) is 135. The minimum Gasteiger partial charge on any atom is -0.453 e. The molecule has 16 aromatic carbocycles. The quantitative estimate of drug-likeness (QED) is 0.133. The highest BCUT2D eigenvalue weighted by molar-refractivity contribution is 9.10. The molecule has 0 amide bonds. The molecule has 14 heteroatoms. The zero-order chi connectivity index (χ0) is 78.5. The molecular formula is C104H70BBrN8O4. The van der Waals surface area contributed by atoms with E-state index in [1.807, 2.05) is 60.7 Å². The highest BCUT2D eigenvalue weighted by Crippen LogP contribution is 2.55. The van der Waals surface area contributed by atoms with Crippen molar-refractivity contribution in [3.05, 3.63) is 418 Å². The number of halogens is 1. The summed E-state index contributed by atoms with van der Waals surface area (Å²) in [5.41, 5.74) is 24.6.